The molecular formula is C12H15FN2O2. The third kappa shape index (κ3) is 2.74. The Labute approximate surface area is 98.9 Å². The molecule has 2 rings (SSSR count). The molecule has 1 aromatic rings. The van der Waals surface area contributed by atoms with E-state index < -0.39 is 11.9 Å². The smallest absolute Gasteiger partial charge is 0.253 e. The van der Waals surface area contributed by atoms with Crippen LogP contribution in [0.25, 0.3) is 0 Å². The molecule has 0 bridgehead atoms. The van der Waals surface area contributed by atoms with E-state index in [9.17, 15) is 9.18 Å². The number of hydrogen-bond acceptors (Lipinski definition) is 3. The van der Waals surface area contributed by atoms with Gasteiger partial charge < -0.3 is 15.8 Å². The monoisotopic (exact) mass is 238 g/mol. The van der Waals surface area contributed by atoms with Crippen molar-refractivity contribution in [3.8, 4) is 0 Å². The van der Waals surface area contributed by atoms with Gasteiger partial charge in [-0.3, -0.25) is 4.79 Å². The van der Waals surface area contributed by atoms with Gasteiger partial charge in [0.2, 0.25) is 0 Å². The van der Waals surface area contributed by atoms with Crippen molar-refractivity contribution in [3.05, 3.63) is 24.0 Å². The van der Waals surface area contributed by atoms with Crippen molar-refractivity contribution in [2.24, 2.45) is 0 Å². The minimum absolute atomic E-state index is 0.0636. The second-order valence-corrected chi connectivity index (χ2v) is 4.24. The van der Waals surface area contributed by atoms with Crippen LogP contribution in [0.3, 0.4) is 0 Å². The van der Waals surface area contributed by atoms with Crippen LogP contribution in [0.4, 0.5) is 15.8 Å². The third-order valence-electron chi connectivity index (χ3n) is 2.79. The summed E-state index contributed by atoms with van der Waals surface area (Å²) in [6.07, 6.45) is 1.23. The van der Waals surface area contributed by atoms with Gasteiger partial charge in [-0.05, 0) is 38.0 Å². The third-order valence-corrected chi connectivity index (χ3v) is 2.79. The fraction of sp³-hybridized carbons (Fsp3) is 0.417. The molecule has 2 unspecified atom stereocenters. The SMILES string of the molecule is CC1CCC(C(=O)Nc2ccc(N)c(F)c2)O1. The lowest BCUT2D eigenvalue weighted by atomic mass is 10.2. The number of hydrogen-bond donors (Lipinski definition) is 2. The van der Waals surface area contributed by atoms with E-state index in [-0.39, 0.29) is 17.7 Å². The van der Waals surface area contributed by atoms with E-state index in [2.05, 4.69) is 5.32 Å². The summed E-state index contributed by atoms with van der Waals surface area (Å²) in [7, 11) is 0. The first kappa shape index (κ1) is 11.9. The number of anilines is 2. The maximum atomic E-state index is 13.2. The minimum Gasteiger partial charge on any atom is -0.396 e. The van der Waals surface area contributed by atoms with Crippen LogP contribution < -0.4 is 11.1 Å². The van der Waals surface area contributed by atoms with Crippen LogP contribution in [-0.4, -0.2) is 18.1 Å². The van der Waals surface area contributed by atoms with Gasteiger partial charge in [-0.1, -0.05) is 0 Å². The fourth-order valence-electron chi connectivity index (χ4n) is 1.82. The molecule has 0 aromatic heterocycles. The average molecular weight is 238 g/mol. The number of nitrogen functional groups attached to an aromatic ring is 1. The summed E-state index contributed by atoms with van der Waals surface area (Å²) in [6, 6.07) is 4.18. The summed E-state index contributed by atoms with van der Waals surface area (Å²) < 4.78 is 18.6. The Kier molecular flexibility index (Phi) is 3.28. The molecule has 1 amide bonds. The molecule has 1 aromatic carbocycles. The Hall–Kier alpha value is -1.62. The molecular weight excluding hydrogens is 223 g/mol. The fourth-order valence-corrected chi connectivity index (χ4v) is 1.82. The maximum Gasteiger partial charge on any atom is 0.253 e. The van der Waals surface area contributed by atoms with E-state index in [1.165, 1.54) is 12.1 Å². The number of benzene rings is 1. The lowest BCUT2D eigenvalue weighted by molar-refractivity contribution is -0.126. The Morgan fingerprint density at radius 2 is 2.29 bits per heavy atom. The van der Waals surface area contributed by atoms with E-state index in [0.29, 0.717) is 12.1 Å². The molecule has 1 aliphatic heterocycles. The van der Waals surface area contributed by atoms with Gasteiger partial charge in [0.15, 0.2) is 0 Å². The second-order valence-electron chi connectivity index (χ2n) is 4.24. The van der Waals surface area contributed by atoms with Crippen molar-refractivity contribution < 1.29 is 13.9 Å². The van der Waals surface area contributed by atoms with Crippen LogP contribution in [0.5, 0.6) is 0 Å². The standard InChI is InChI=1S/C12H15FN2O2/c1-7-2-5-11(17-7)12(16)15-8-3-4-10(14)9(13)6-8/h3-4,6-7,11H,2,5,14H2,1H3,(H,15,16). The quantitative estimate of drug-likeness (QED) is 0.773. The molecule has 0 saturated carbocycles. The average Bonchev–Trinajstić information content (AvgIpc) is 2.70. The van der Waals surface area contributed by atoms with Crippen molar-refractivity contribution in [3.63, 3.8) is 0 Å². The Balaban J connectivity index is 2.00. The van der Waals surface area contributed by atoms with Crippen LogP contribution in [0, 0.1) is 5.82 Å². The maximum absolute atomic E-state index is 13.2. The summed E-state index contributed by atoms with van der Waals surface area (Å²) in [4.78, 5) is 11.8. The van der Waals surface area contributed by atoms with Gasteiger partial charge in [0.1, 0.15) is 11.9 Å². The zero-order valence-electron chi connectivity index (χ0n) is 9.57. The number of halogens is 1. The summed E-state index contributed by atoms with van der Waals surface area (Å²) in [5, 5.41) is 2.61. The van der Waals surface area contributed by atoms with Gasteiger partial charge in [0.25, 0.3) is 5.91 Å². The largest absolute Gasteiger partial charge is 0.396 e. The molecule has 1 aliphatic rings. The number of amides is 1. The summed E-state index contributed by atoms with van der Waals surface area (Å²) in [6.45, 7) is 1.93. The predicted molar refractivity (Wildman–Crippen MR) is 63.0 cm³/mol. The van der Waals surface area contributed by atoms with E-state index in [4.69, 9.17) is 10.5 Å². The van der Waals surface area contributed by atoms with E-state index in [1.807, 2.05) is 6.92 Å². The van der Waals surface area contributed by atoms with Crippen LogP contribution >= 0.6 is 0 Å². The molecule has 0 aliphatic carbocycles. The van der Waals surface area contributed by atoms with Gasteiger partial charge in [0, 0.05) is 5.69 Å². The van der Waals surface area contributed by atoms with Crippen LogP contribution in [0.15, 0.2) is 18.2 Å². The van der Waals surface area contributed by atoms with Crippen molar-refractivity contribution >= 4 is 17.3 Å². The highest BCUT2D eigenvalue weighted by Gasteiger charge is 2.28. The van der Waals surface area contributed by atoms with Crippen molar-refractivity contribution in [1.29, 1.82) is 0 Å². The Morgan fingerprint density at radius 3 is 2.88 bits per heavy atom. The molecule has 1 saturated heterocycles. The Bertz CT molecular complexity index is 437. The molecule has 17 heavy (non-hydrogen) atoms. The molecule has 1 heterocycles. The highest BCUT2D eigenvalue weighted by molar-refractivity contribution is 5.94. The van der Waals surface area contributed by atoms with Gasteiger partial charge >= 0.3 is 0 Å². The molecule has 0 spiro atoms. The Morgan fingerprint density at radius 1 is 1.53 bits per heavy atom. The first-order chi connectivity index (χ1) is 8.06. The van der Waals surface area contributed by atoms with Crippen LogP contribution in [0.2, 0.25) is 0 Å². The number of nitrogens with two attached hydrogens (primary N) is 1. The molecule has 0 radical (unpaired) electrons. The number of carbonyl (C=O) groups excluding carboxylic acids is 1. The van der Waals surface area contributed by atoms with E-state index in [0.717, 1.165) is 6.42 Å². The topological polar surface area (TPSA) is 64.4 Å². The predicted octanol–water partition coefficient (Wildman–Crippen LogP) is 1.91. The summed E-state index contributed by atoms with van der Waals surface area (Å²) in [5.41, 5.74) is 5.80. The van der Waals surface area contributed by atoms with E-state index in [1.54, 1.807) is 6.07 Å². The normalized spacial score (nSPS) is 23.6. The molecule has 3 N–H and O–H groups in total. The minimum atomic E-state index is -0.538. The molecule has 5 heteroatoms. The van der Waals surface area contributed by atoms with Crippen molar-refractivity contribution in [2.75, 3.05) is 11.1 Å². The van der Waals surface area contributed by atoms with Crippen LogP contribution in [-0.2, 0) is 9.53 Å². The molecule has 2 atom stereocenters. The summed E-state index contributed by atoms with van der Waals surface area (Å²) in [5.74, 6) is -0.776. The number of ether oxygens (including phenoxy) is 1. The summed E-state index contributed by atoms with van der Waals surface area (Å²) >= 11 is 0. The molecule has 92 valence electrons. The zero-order valence-corrected chi connectivity index (χ0v) is 9.57. The number of rotatable bonds is 2. The van der Waals surface area contributed by atoms with Crippen molar-refractivity contribution in [2.45, 2.75) is 32.0 Å². The van der Waals surface area contributed by atoms with Gasteiger partial charge in [0.05, 0.1) is 11.8 Å². The first-order valence-corrected chi connectivity index (χ1v) is 5.57. The lowest BCUT2D eigenvalue weighted by Crippen LogP contribution is -2.27. The highest BCUT2D eigenvalue weighted by atomic mass is 19.1. The molecule has 4 nitrogen and oxygen atoms in total. The van der Waals surface area contributed by atoms with Crippen molar-refractivity contribution in [1.82, 2.24) is 0 Å². The van der Waals surface area contributed by atoms with Crippen LogP contribution in [0.1, 0.15) is 19.8 Å². The lowest BCUT2D eigenvalue weighted by Gasteiger charge is -2.12. The number of nitrogens with one attached hydrogen (secondary N) is 1. The van der Waals surface area contributed by atoms with E-state index >= 15 is 0 Å². The highest BCUT2D eigenvalue weighted by Crippen LogP contribution is 2.21. The van der Waals surface area contributed by atoms with Gasteiger partial charge in [-0.15, -0.1) is 0 Å². The molecule has 1 fully saturated rings. The zero-order chi connectivity index (χ0) is 12.4. The second kappa shape index (κ2) is 4.71. The van der Waals surface area contributed by atoms with Gasteiger partial charge in [-0.25, -0.2) is 4.39 Å². The number of carbonyl (C=O) groups is 1. The van der Waals surface area contributed by atoms with Gasteiger partial charge in [-0.2, -0.15) is 0 Å². The first-order valence-electron chi connectivity index (χ1n) is 5.57.